The van der Waals surface area contributed by atoms with E-state index in [-0.39, 0.29) is 42.0 Å². The minimum atomic E-state index is -0.205. The van der Waals surface area contributed by atoms with Gasteiger partial charge in [0, 0.05) is 33.7 Å². The molecule has 0 fully saturated rings. The summed E-state index contributed by atoms with van der Waals surface area (Å²) in [6.07, 6.45) is 0. The molecule has 1 N–H and O–H groups in total. The average Bonchev–Trinajstić information content (AvgIpc) is 1.98. The third-order valence-corrected chi connectivity index (χ3v) is 1.68. The van der Waals surface area contributed by atoms with Crippen LogP contribution in [0.4, 0.5) is 0 Å². The van der Waals surface area contributed by atoms with Gasteiger partial charge in [-0.25, -0.2) is 4.99 Å². The number of nitrogens with one attached hydrogen (secondary N) is 1. The molecule has 0 aromatic heterocycles. The van der Waals surface area contributed by atoms with Crippen molar-refractivity contribution in [2.45, 2.75) is 26.3 Å². The number of nitrogens with zero attached hydrogens (tertiary/aromatic N) is 3. The molecule has 0 rings (SSSR count). The second kappa shape index (κ2) is 7.73. The second-order valence-electron chi connectivity index (χ2n) is 5.20. The zero-order chi connectivity index (χ0) is 12.9. The van der Waals surface area contributed by atoms with Gasteiger partial charge in [0.25, 0.3) is 0 Å². The standard InChI is InChI=1S/C11H24N4O.HI/c1-11(2,3)13-9(16)8-12-10(14(4)5)15(6)7;/h8H2,1-7H3,(H,13,16);1H. The van der Waals surface area contributed by atoms with E-state index in [4.69, 9.17) is 0 Å². The molecule has 5 nitrogen and oxygen atoms in total. The lowest BCUT2D eigenvalue weighted by Crippen LogP contribution is -2.42. The number of amides is 1. The fraction of sp³-hybridized carbons (Fsp3) is 0.818. The molecule has 1 amide bonds. The highest BCUT2D eigenvalue weighted by Gasteiger charge is 2.13. The Hall–Kier alpha value is -0.530. The first-order valence-corrected chi connectivity index (χ1v) is 5.33. The summed E-state index contributed by atoms with van der Waals surface area (Å²) in [4.78, 5) is 19.6. The second-order valence-corrected chi connectivity index (χ2v) is 5.20. The zero-order valence-electron chi connectivity index (χ0n) is 11.9. The molecular weight excluding hydrogens is 331 g/mol. The summed E-state index contributed by atoms with van der Waals surface area (Å²) in [5.74, 6) is 0.720. The van der Waals surface area contributed by atoms with E-state index in [1.165, 1.54) is 0 Å². The summed E-state index contributed by atoms with van der Waals surface area (Å²) in [6.45, 7) is 6.01. The third-order valence-electron chi connectivity index (χ3n) is 1.68. The molecule has 0 heterocycles. The van der Waals surface area contributed by atoms with Crippen molar-refractivity contribution in [1.82, 2.24) is 15.1 Å². The third kappa shape index (κ3) is 9.20. The van der Waals surface area contributed by atoms with Crippen LogP contribution in [0.25, 0.3) is 0 Å². The maximum absolute atomic E-state index is 11.6. The maximum atomic E-state index is 11.6. The lowest BCUT2D eigenvalue weighted by Gasteiger charge is -2.23. The quantitative estimate of drug-likeness (QED) is 0.456. The van der Waals surface area contributed by atoms with Gasteiger partial charge < -0.3 is 15.1 Å². The molecule has 0 unspecified atom stereocenters. The number of carbonyl (C=O) groups is 1. The van der Waals surface area contributed by atoms with Gasteiger partial charge in [0.1, 0.15) is 6.54 Å². The number of carbonyl (C=O) groups excluding carboxylic acids is 1. The summed E-state index contributed by atoms with van der Waals surface area (Å²) < 4.78 is 0. The maximum Gasteiger partial charge on any atom is 0.242 e. The lowest BCUT2D eigenvalue weighted by atomic mass is 10.1. The number of guanidine groups is 1. The topological polar surface area (TPSA) is 47.9 Å². The van der Waals surface area contributed by atoms with Crippen molar-refractivity contribution in [3.63, 3.8) is 0 Å². The van der Waals surface area contributed by atoms with Crippen LogP contribution in [-0.2, 0) is 4.79 Å². The number of hydrogen-bond donors (Lipinski definition) is 1. The average molecular weight is 356 g/mol. The van der Waals surface area contributed by atoms with Crippen LogP contribution in [0.3, 0.4) is 0 Å². The lowest BCUT2D eigenvalue weighted by molar-refractivity contribution is -0.121. The molecule has 0 atom stereocenters. The Morgan fingerprint density at radius 1 is 1.12 bits per heavy atom. The summed E-state index contributed by atoms with van der Waals surface area (Å²) in [7, 11) is 7.61. The van der Waals surface area contributed by atoms with E-state index in [1.807, 2.05) is 58.8 Å². The van der Waals surface area contributed by atoms with Crippen molar-refractivity contribution in [3.8, 4) is 0 Å². The Morgan fingerprint density at radius 3 is 1.82 bits per heavy atom. The van der Waals surface area contributed by atoms with Gasteiger partial charge in [-0.15, -0.1) is 24.0 Å². The van der Waals surface area contributed by atoms with Crippen molar-refractivity contribution in [2.24, 2.45) is 4.99 Å². The van der Waals surface area contributed by atoms with Gasteiger partial charge in [0.15, 0.2) is 5.96 Å². The van der Waals surface area contributed by atoms with E-state index in [0.29, 0.717) is 0 Å². The number of rotatable bonds is 2. The highest BCUT2D eigenvalue weighted by Crippen LogP contribution is 1.98. The molecule has 0 aromatic rings. The minimum absolute atomic E-state index is 0. The van der Waals surface area contributed by atoms with Crippen LogP contribution in [0.1, 0.15) is 20.8 Å². The van der Waals surface area contributed by atoms with Crippen molar-refractivity contribution in [3.05, 3.63) is 0 Å². The van der Waals surface area contributed by atoms with Crippen LogP contribution in [0, 0.1) is 0 Å². The van der Waals surface area contributed by atoms with Crippen LogP contribution < -0.4 is 5.32 Å². The first-order valence-electron chi connectivity index (χ1n) is 5.33. The van der Waals surface area contributed by atoms with Crippen LogP contribution in [0.15, 0.2) is 4.99 Å². The Kier molecular flexibility index (Phi) is 8.56. The van der Waals surface area contributed by atoms with Gasteiger partial charge in [-0.1, -0.05) is 0 Å². The van der Waals surface area contributed by atoms with E-state index in [1.54, 1.807) is 0 Å². The van der Waals surface area contributed by atoms with Crippen LogP contribution in [-0.4, -0.2) is 61.9 Å². The Balaban J connectivity index is 0. The van der Waals surface area contributed by atoms with Crippen molar-refractivity contribution >= 4 is 35.8 Å². The normalized spacial score (nSPS) is 10.1. The molecule has 0 spiro atoms. The molecule has 0 bridgehead atoms. The van der Waals surface area contributed by atoms with E-state index < -0.39 is 0 Å². The summed E-state index contributed by atoms with van der Waals surface area (Å²) >= 11 is 0. The van der Waals surface area contributed by atoms with E-state index in [0.717, 1.165) is 5.96 Å². The van der Waals surface area contributed by atoms with Crippen LogP contribution >= 0.6 is 24.0 Å². The molecule has 0 aliphatic heterocycles. The highest BCUT2D eigenvalue weighted by molar-refractivity contribution is 14.0. The van der Waals surface area contributed by atoms with E-state index >= 15 is 0 Å². The largest absolute Gasteiger partial charge is 0.350 e. The van der Waals surface area contributed by atoms with Gasteiger partial charge >= 0.3 is 0 Å². The summed E-state index contributed by atoms with van der Waals surface area (Å²) in [5, 5.41) is 2.87. The highest BCUT2D eigenvalue weighted by atomic mass is 127. The molecule has 0 aromatic carbocycles. The van der Waals surface area contributed by atoms with Gasteiger partial charge in [0.2, 0.25) is 5.91 Å². The molecule has 17 heavy (non-hydrogen) atoms. The monoisotopic (exact) mass is 356 g/mol. The van der Waals surface area contributed by atoms with Crippen LogP contribution in [0.5, 0.6) is 0 Å². The fourth-order valence-corrected chi connectivity index (χ4v) is 1.28. The van der Waals surface area contributed by atoms with Crippen molar-refractivity contribution < 1.29 is 4.79 Å². The molecular formula is C11H25IN4O. The van der Waals surface area contributed by atoms with Gasteiger partial charge in [-0.3, -0.25) is 4.79 Å². The van der Waals surface area contributed by atoms with Crippen molar-refractivity contribution in [1.29, 1.82) is 0 Å². The molecule has 0 radical (unpaired) electrons. The van der Waals surface area contributed by atoms with Gasteiger partial charge in [-0.05, 0) is 20.8 Å². The SMILES string of the molecule is CN(C)C(=NCC(=O)NC(C)(C)C)N(C)C.I. The smallest absolute Gasteiger partial charge is 0.242 e. The molecule has 0 saturated carbocycles. The summed E-state index contributed by atoms with van der Waals surface area (Å²) in [6, 6.07) is 0. The van der Waals surface area contributed by atoms with Gasteiger partial charge in [-0.2, -0.15) is 0 Å². The fourth-order valence-electron chi connectivity index (χ4n) is 1.28. The molecule has 0 saturated heterocycles. The van der Waals surface area contributed by atoms with Crippen LogP contribution in [0.2, 0.25) is 0 Å². The van der Waals surface area contributed by atoms with E-state index in [2.05, 4.69) is 10.3 Å². The van der Waals surface area contributed by atoms with E-state index in [9.17, 15) is 4.79 Å². The number of hydrogen-bond acceptors (Lipinski definition) is 2. The predicted molar refractivity (Wildman–Crippen MR) is 83.0 cm³/mol. The van der Waals surface area contributed by atoms with Crippen molar-refractivity contribution in [2.75, 3.05) is 34.7 Å². The number of aliphatic imine (C=N–C) groups is 1. The summed E-state index contributed by atoms with van der Waals surface area (Å²) in [5.41, 5.74) is -0.205. The molecule has 0 aliphatic carbocycles. The predicted octanol–water partition coefficient (Wildman–Crippen LogP) is 0.998. The molecule has 102 valence electrons. The first-order chi connectivity index (χ1) is 7.13. The molecule has 6 heteroatoms. The number of halogens is 1. The molecule has 0 aliphatic rings. The minimum Gasteiger partial charge on any atom is -0.350 e. The van der Waals surface area contributed by atoms with Gasteiger partial charge in [0.05, 0.1) is 0 Å². The first kappa shape index (κ1) is 18.8. The Labute approximate surface area is 122 Å². The zero-order valence-corrected chi connectivity index (χ0v) is 14.2. The Morgan fingerprint density at radius 2 is 1.53 bits per heavy atom. The Bertz CT molecular complexity index is 259.